The maximum Gasteiger partial charge on any atom is 0.0890 e. The maximum absolute atomic E-state index is 4.41. The molecule has 16 heavy (non-hydrogen) atoms. The summed E-state index contributed by atoms with van der Waals surface area (Å²) in [4.78, 5) is 8.83. The molecule has 0 aliphatic heterocycles. The SMILES string of the molecule is CC.CC.Cc1nc2ccccc2nc1C. The van der Waals surface area contributed by atoms with Crippen LogP contribution in [0, 0.1) is 13.8 Å². The van der Waals surface area contributed by atoms with E-state index in [9.17, 15) is 0 Å². The summed E-state index contributed by atoms with van der Waals surface area (Å²) in [7, 11) is 0. The van der Waals surface area contributed by atoms with Crippen molar-refractivity contribution in [2.45, 2.75) is 41.5 Å². The lowest BCUT2D eigenvalue weighted by atomic mass is 10.2. The summed E-state index contributed by atoms with van der Waals surface area (Å²) in [6.45, 7) is 12.0. The van der Waals surface area contributed by atoms with Gasteiger partial charge < -0.3 is 0 Å². The Hall–Kier alpha value is -1.44. The summed E-state index contributed by atoms with van der Waals surface area (Å²) in [6.07, 6.45) is 0. The van der Waals surface area contributed by atoms with Gasteiger partial charge in [-0.25, -0.2) is 9.97 Å². The zero-order chi connectivity index (χ0) is 12.6. The van der Waals surface area contributed by atoms with Crippen molar-refractivity contribution in [1.29, 1.82) is 0 Å². The van der Waals surface area contributed by atoms with Crippen molar-refractivity contribution in [3.63, 3.8) is 0 Å². The minimum absolute atomic E-state index is 0.973. The van der Waals surface area contributed by atoms with E-state index in [2.05, 4.69) is 9.97 Å². The second-order valence-electron chi connectivity index (χ2n) is 2.88. The fourth-order valence-electron chi connectivity index (χ4n) is 1.18. The van der Waals surface area contributed by atoms with Crippen LogP contribution in [-0.2, 0) is 0 Å². The first-order valence-corrected chi connectivity index (χ1v) is 5.97. The van der Waals surface area contributed by atoms with Crippen molar-refractivity contribution < 1.29 is 0 Å². The van der Waals surface area contributed by atoms with Gasteiger partial charge in [-0.05, 0) is 26.0 Å². The fraction of sp³-hybridized carbons (Fsp3) is 0.429. The van der Waals surface area contributed by atoms with Crippen molar-refractivity contribution in [1.82, 2.24) is 9.97 Å². The quantitative estimate of drug-likeness (QED) is 0.659. The molecule has 0 amide bonds. The van der Waals surface area contributed by atoms with Gasteiger partial charge in [0.2, 0.25) is 0 Å². The molecule has 1 aromatic heterocycles. The van der Waals surface area contributed by atoms with E-state index in [1.54, 1.807) is 0 Å². The molecule has 0 saturated carbocycles. The molecule has 0 radical (unpaired) electrons. The largest absolute Gasteiger partial charge is 0.250 e. The van der Waals surface area contributed by atoms with E-state index < -0.39 is 0 Å². The van der Waals surface area contributed by atoms with Gasteiger partial charge in [0.25, 0.3) is 0 Å². The lowest BCUT2D eigenvalue weighted by molar-refractivity contribution is 1.10. The molecule has 0 N–H and O–H groups in total. The lowest BCUT2D eigenvalue weighted by Gasteiger charge is -2.00. The van der Waals surface area contributed by atoms with Gasteiger partial charge in [0.1, 0.15) is 0 Å². The van der Waals surface area contributed by atoms with Crippen molar-refractivity contribution in [2.24, 2.45) is 0 Å². The molecule has 2 heteroatoms. The van der Waals surface area contributed by atoms with Crippen LogP contribution in [0.5, 0.6) is 0 Å². The Kier molecular flexibility index (Phi) is 7.10. The highest BCUT2D eigenvalue weighted by Crippen LogP contribution is 2.10. The van der Waals surface area contributed by atoms with E-state index >= 15 is 0 Å². The summed E-state index contributed by atoms with van der Waals surface area (Å²) in [6, 6.07) is 7.92. The number of aryl methyl sites for hydroxylation is 2. The zero-order valence-electron chi connectivity index (χ0n) is 11.2. The molecule has 0 aliphatic rings. The number of fused-ring (bicyclic) bond motifs is 1. The average Bonchev–Trinajstić information content (AvgIpc) is 2.36. The van der Waals surface area contributed by atoms with Gasteiger partial charge in [-0.3, -0.25) is 0 Å². The number of hydrogen-bond acceptors (Lipinski definition) is 2. The molecule has 2 rings (SSSR count). The number of hydrogen-bond donors (Lipinski definition) is 0. The van der Waals surface area contributed by atoms with E-state index in [4.69, 9.17) is 0 Å². The van der Waals surface area contributed by atoms with E-state index in [0.717, 1.165) is 22.4 Å². The molecular formula is C14H22N2. The molecule has 88 valence electrons. The number of rotatable bonds is 0. The van der Waals surface area contributed by atoms with E-state index in [-0.39, 0.29) is 0 Å². The Balaban J connectivity index is 0.000000509. The zero-order valence-corrected chi connectivity index (χ0v) is 11.2. The van der Waals surface area contributed by atoms with Crippen LogP contribution >= 0.6 is 0 Å². The minimum Gasteiger partial charge on any atom is -0.250 e. The van der Waals surface area contributed by atoms with Crippen molar-refractivity contribution in [3.8, 4) is 0 Å². The van der Waals surface area contributed by atoms with E-state index in [1.165, 1.54) is 0 Å². The molecule has 1 heterocycles. The van der Waals surface area contributed by atoms with Crippen LogP contribution in [0.3, 0.4) is 0 Å². The first-order chi connectivity index (χ1) is 7.77. The molecule has 1 aromatic carbocycles. The maximum atomic E-state index is 4.41. The van der Waals surface area contributed by atoms with Crippen LogP contribution in [-0.4, -0.2) is 9.97 Å². The predicted octanol–water partition coefficient (Wildman–Crippen LogP) is 4.30. The van der Waals surface area contributed by atoms with Gasteiger partial charge in [0, 0.05) is 0 Å². The summed E-state index contributed by atoms with van der Waals surface area (Å²) in [5, 5.41) is 0. The molecule has 0 saturated heterocycles. The Morgan fingerprint density at radius 2 is 1.00 bits per heavy atom. The summed E-state index contributed by atoms with van der Waals surface area (Å²) in [5.74, 6) is 0. The van der Waals surface area contributed by atoms with Gasteiger partial charge in [-0.15, -0.1) is 0 Å². The second-order valence-corrected chi connectivity index (χ2v) is 2.88. The smallest absolute Gasteiger partial charge is 0.0890 e. The Labute approximate surface area is 98.8 Å². The fourth-order valence-corrected chi connectivity index (χ4v) is 1.18. The summed E-state index contributed by atoms with van der Waals surface area (Å²) in [5.41, 5.74) is 3.96. The van der Waals surface area contributed by atoms with Gasteiger partial charge in [0.15, 0.2) is 0 Å². The van der Waals surface area contributed by atoms with Gasteiger partial charge in [-0.1, -0.05) is 39.8 Å². The second kappa shape index (κ2) is 7.80. The highest BCUT2D eigenvalue weighted by atomic mass is 14.8. The highest BCUT2D eigenvalue weighted by Gasteiger charge is 1.98. The molecule has 0 unspecified atom stereocenters. The van der Waals surface area contributed by atoms with Crippen molar-refractivity contribution in [3.05, 3.63) is 35.7 Å². The van der Waals surface area contributed by atoms with E-state index in [1.807, 2.05) is 65.8 Å². The Bertz CT molecular complexity index is 382. The molecular weight excluding hydrogens is 196 g/mol. The number of nitrogens with zero attached hydrogens (tertiary/aromatic N) is 2. The number of benzene rings is 1. The monoisotopic (exact) mass is 218 g/mol. The van der Waals surface area contributed by atoms with Crippen molar-refractivity contribution in [2.75, 3.05) is 0 Å². The minimum atomic E-state index is 0.973. The van der Waals surface area contributed by atoms with Crippen LogP contribution in [0.2, 0.25) is 0 Å². The first-order valence-electron chi connectivity index (χ1n) is 5.97. The summed E-state index contributed by atoms with van der Waals surface area (Å²) >= 11 is 0. The van der Waals surface area contributed by atoms with Crippen LogP contribution in [0.25, 0.3) is 11.0 Å². The van der Waals surface area contributed by atoms with Crippen LogP contribution in [0.1, 0.15) is 39.1 Å². The molecule has 0 spiro atoms. The lowest BCUT2D eigenvalue weighted by Crippen LogP contribution is -1.92. The molecule has 0 aliphatic carbocycles. The Morgan fingerprint density at radius 1 is 0.688 bits per heavy atom. The van der Waals surface area contributed by atoms with Gasteiger partial charge >= 0.3 is 0 Å². The van der Waals surface area contributed by atoms with Gasteiger partial charge in [0.05, 0.1) is 22.4 Å². The number of aromatic nitrogens is 2. The van der Waals surface area contributed by atoms with Crippen LogP contribution in [0.4, 0.5) is 0 Å². The third kappa shape index (κ3) is 3.61. The Morgan fingerprint density at radius 3 is 1.31 bits per heavy atom. The third-order valence-corrected chi connectivity index (χ3v) is 1.98. The number of para-hydroxylation sites is 2. The highest BCUT2D eigenvalue weighted by molar-refractivity contribution is 5.74. The predicted molar refractivity (Wildman–Crippen MR) is 71.7 cm³/mol. The standard InChI is InChI=1S/C10H10N2.2C2H6/c1-7-8(2)12-10-6-4-3-5-9(10)11-7;2*1-2/h3-6H,1-2H3;2*1-2H3. The van der Waals surface area contributed by atoms with Crippen LogP contribution < -0.4 is 0 Å². The topological polar surface area (TPSA) is 25.8 Å². The van der Waals surface area contributed by atoms with Crippen LogP contribution in [0.15, 0.2) is 24.3 Å². The molecule has 2 nitrogen and oxygen atoms in total. The molecule has 2 aromatic rings. The summed E-state index contributed by atoms with van der Waals surface area (Å²) < 4.78 is 0. The van der Waals surface area contributed by atoms with E-state index in [0.29, 0.717) is 0 Å². The molecule has 0 atom stereocenters. The molecule has 0 fully saturated rings. The third-order valence-electron chi connectivity index (χ3n) is 1.98. The first kappa shape index (κ1) is 14.6. The normalized spacial score (nSPS) is 8.62. The molecule has 0 bridgehead atoms. The van der Waals surface area contributed by atoms with Gasteiger partial charge in [-0.2, -0.15) is 0 Å². The van der Waals surface area contributed by atoms with Crippen molar-refractivity contribution >= 4 is 11.0 Å². The average molecular weight is 218 g/mol.